The molecule has 0 amide bonds. The molecule has 0 radical (unpaired) electrons. The topological polar surface area (TPSA) is 82.2 Å². The SMILES string of the molecule is CC.Cc1ccc2c(c1)Nc1nc(=O)n(C3CCC(N)CC3)cc1O2. The first-order valence-corrected chi connectivity index (χ1v) is 9.04. The second-order valence-corrected chi connectivity index (χ2v) is 6.44. The van der Waals surface area contributed by atoms with Crippen LogP contribution in [0.2, 0.25) is 0 Å². The molecule has 0 saturated heterocycles. The molecule has 6 nitrogen and oxygen atoms in total. The number of anilines is 2. The molecule has 1 aromatic carbocycles. The number of hydrogen-bond donors (Lipinski definition) is 2. The highest BCUT2D eigenvalue weighted by Crippen LogP contribution is 2.41. The van der Waals surface area contributed by atoms with Crippen LogP contribution >= 0.6 is 0 Å². The Bertz CT molecular complexity index is 808. The number of nitrogens with two attached hydrogens (primary N) is 1. The van der Waals surface area contributed by atoms with E-state index in [4.69, 9.17) is 10.5 Å². The number of ether oxygens (including phenoxy) is 1. The van der Waals surface area contributed by atoms with Gasteiger partial charge < -0.3 is 15.8 Å². The monoisotopic (exact) mass is 342 g/mol. The van der Waals surface area contributed by atoms with E-state index < -0.39 is 0 Å². The first kappa shape index (κ1) is 17.5. The Morgan fingerprint density at radius 1 is 1.20 bits per heavy atom. The van der Waals surface area contributed by atoms with Gasteiger partial charge in [-0.05, 0) is 50.3 Å². The predicted octanol–water partition coefficient (Wildman–Crippen LogP) is 3.87. The molecule has 25 heavy (non-hydrogen) atoms. The highest BCUT2D eigenvalue weighted by molar-refractivity contribution is 5.72. The molecule has 0 atom stereocenters. The summed E-state index contributed by atoms with van der Waals surface area (Å²) in [5.41, 5.74) is 7.67. The second kappa shape index (κ2) is 7.27. The van der Waals surface area contributed by atoms with Crippen LogP contribution in [0.5, 0.6) is 11.5 Å². The van der Waals surface area contributed by atoms with E-state index in [0.717, 1.165) is 42.7 Å². The molecule has 3 N–H and O–H groups in total. The van der Waals surface area contributed by atoms with Gasteiger partial charge >= 0.3 is 5.69 Å². The highest BCUT2D eigenvalue weighted by Gasteiger charge is 2.24. The summed E-state index contributed by atoms with van der Waals surface area (Å²) >= 11 is 0. The van der Waals surface area contributed by atoms with Crippen molar-refractivity contribution in [2.75, 3.05) is 5.32 Å². The normalized spacial score (nSPS) is 21.0. The van der Waals surface area contributed by atoms with Crippen LogP contribution in [-0.4, -0.2) is 15.6 Å². The van der Waals surface area contributed by atoms with Crippen LogP contribution in [0.15, 0.2) is 29.2 Å². The third-order valence-electron chi connectivity index (χ3n) is 4.66. The molecule has 2 aromatic rings. The number of benzene rings is 1. The van der Waals surface area contributed by atoms with Gasteiger partial charge in [0.1, 0.15) is 0 Å². The largest absolute Gasteiger partial charge is 0.450 e. The Labute approximate surface area is 148 Å². The third-order valence-corrected chi connectivity index (χ3v) is 4.66. The van der Waals surface area contributed by atoms with Gasteiger partial charge in [-0.1, -0.05) is 19.9 Å². The van der Waals surface area contributed by atoms with Crippen LogP contribution < -0.4 is 21.5 Å². The number of nitrogens with one attached hydrogen (secondary N) is 1. The summed E-state index contributed by atoms with van der Waals surface area (Å²) < 4.78 is 7.63. The van der Waals surface area contributed by atoms with Crippen LogP contribution in [0.3, 0.4) is 0 Å². The molecule has 1 aromatic heterocycles. The standard InChI is InChI=1S/C17H20N4O2.C2H6/c1-10-2-7-14-13(8-10)19-16-15(23-14)9-21(17(22)20-16)12-5-3-11(18)4-6-12;1-2/h2,7-9,11-12H,3-6,18H2,1H3,(H,19,20,22);1-2H3. The van der Waals surface area contributed by atoms with E-state index in [1.54, 1.807) is 10.8 Å². The van der Waals surface area contributed by atoms with Crippen molar-refractivity contribution >= 4 is 11.5 Å². The van der Waals surface area contributed by atoms with Gasteiger partial charge in [0.2, 0.25) is 0 Å². The first-order chi connectivity index (χ1) is 12.1. The van der Waals surface area contributed by atoms with E-state index >= 15 is 0 Å². The fourth-order valence-corrected chi connectivity index (χ4v) is 3.33. The van der Waals surface area contributed by atoms with Crippen molar-refractivity contribution in [3.8, 4) is 11.5 Å². The predicted molar refractivity (Wildman–Crippen MR) is 99.9 cm³/mol. The van der Waals surface area contributed by atoms with Crippen molar-refractivity contribution in [2.45, 2.75) is 58.5 Å². The van der Waals surface area contributed by atoms with E-state index in [2.05, 4.69) is 10.3 Å². The lowest BCUT2D eigenvalue weighted by atomic mass is 9.91. The lowest BCUT2D eigenvalue weighted by Gasteiger charge is -2.28. The lowest BCUT2D eigenvalue weighted by molar-refractivity contribution is 0.312. The number of hydrogen-bond acceptors (Lipinski definition) is 5. The van der Waals surface area contributed by atoms with Crippen LogP contribution in [0, 0.1) is 6.92 Å². The summed E-state index contributed by atoms with van der Waals surface area (Å²) in [5.74, 6) is 1.83. The summed E-state index contributed by atoms with van der Waals surface area (Å²) in [4.78, 5) is 16.6. The molecule has 1 saturated carbocycles. The Hall–Kier alpha value is -2.34. The van der Waals surface area contributed by atoms with Gasteiger partial charge in [0, 0.05) is 12.1 Å². The van der Waals surface area contributed by atoms with Crippen molar-refractivity contribution in [3.05, 3.63) is 40.4 Å². The Balaban J connectivity index is 0.000000880. The van der Waals surface area contributed by atoms with E-state index in [0.29, 0.717) is 11.6 Å². The summed E-state index contributed by atoms with van der Waals surface area (Å²) in [6.07, 6.45) is 5.47. The zero-order chi connectivity index (χ0) is 18.0. The van der Waals surface area contributed by atoms with Gasteiger partial charge in [-0.25, -0.2) is 4.79 Å². The van der Waals surface area contributed by atoms with Crippen molar-refractivity contribution < 1.29 is 4.74 Å². The third kappa shape index (κ3) is 3.54. The number of rotatable bonds is 1. The maximum absolute atomic E-state index is 12.4. The molecule has 6 heteroatoms. The molecule has 0 bridgehead atoms. The molecular weight excluding hydrogens is 316 g/mol. The molecule has 2 heterocycles. The van der Waals surface area contributed by atoms with Crippen molar-refractivity contribution in [3.63, 3.8) is 0 Å². The van der Waals surface area contributed by atoms with Gasteiger partial charge in [-0.3, -0.25) is 4.57 Å². The van der Waals surface area contributed by atoms with Gasteiger partial charge in [0.15, 0.2) is 17.3 Å². The van der Waals surface area contributed by atoms with Gasteiger partial charge in [-0.15, -0.1) is 0 Å². The molecule has 2 aliphatic rings. The second-order valence-electron chi connectivity index (χ2n) is 6.44. The average Bonchev–Trinajstić information content (AvgIpc) is 2.62. The minimum Gasteiger partial charge on any atom is -0.450 e. The Morgan fingerprint density at radius 3 is 2.64 bits per heavy atom. The molecular formula is C19H26N4O2. The maximum Gasteiger partial charge on any atom is 0.350 e. The molecule has 0 unspecified atom stereocenters. The van der Waals surface area contributed by atoms with E-state index in [1.807, 2.05) is 39.0 Å². The minimum atomic E-state index is -0.239. The molecule has 1 fully saturated rings. The van der Waals surface area contributed by atoms with Gasteiger partial charge in [0.25, 0.3) is 0 Å². The first-order valence-electron chi connectivity index (χ1n) is 9.04. The van der Waals surface area contributed by atoms with Crippen molar-refractivity contribution in [1.29, 1.82) is 0 Å². The van der Waals surface area contributed by atoms with Crippen molar-refractivity contribution in [2.24, 2.45) is 5.73 Å². The number of nitrogens with zero attached hydrogens (tertiary/aromatic N) is 2. The zero-order valence-electron chi connectivity index (χ0n) is 15.1. The van der Waals surface area contributed by atoms with E-state index in [9.17, 15) is 4.79 Å². The Morgan fingerprint density at radius 2 is 1.92 bits per heavy atom. The fraction of sp³-hybridized carbons (Fsp3) is 0.474. The van der Waals surface area contributed by atoms with E-state index in [-0.39, 0.29) is 17.8 Å². The summed E-state index contributed by atoms with van der Waals surface area (Å²) in [6, 6.07) is 6.31. The van der Waals surface area contributed by atoms with Crippen LogP contribution in [0.25, 0.3) is 0 Å². The number of aromatic nitrogens is 2. The summed E-state index contributed by atoms with van der Waals surface area (Å²) in [5, 5.41) is 3.19. The zero-order valence-corrected chi connectivity index (χ0v) is 15.1. The molecule has 1 aliphatic heterocycles. The van der Waals surface area contributed by atoms with Crippen LogP contribution in [0.4, 0.5) is 11.5 Å². The number of fused-ring (bicyclic) bond motifs is 2. The molecule has 1 aliphatic carbocycles. The molecule has 4 rings (SSSR count). The van der Waals surface area contributed by atoms with Gasteiger partial charge in [-0.2, -0.15) is 4.98 Å². The van der Waals surface area contributed by atoms with Crippen LogP contribution in [0.1, 0.15) is 51.1 Å². The minimum absolute atomic E-state index is 0.156. The Kier molecular flexibility index (Phi) is 5.08. The smallest absolute Gasteiger partial charge is 0.350 e. The summed E-state index contributed by atoms with van der Waals surface area (Å²) in [6.45, 7) is 6.01. The quantitative estimate of drug-likeness (QED) is 0.701. The van der Waals surface area contributed by atoms with E-state index in [1.165, 1.54) is 0 Å². The summed E-state index contributed by atoms with van der Waals surface area (Å²) in [7, 11) is 0. The number of aryl methyl sites for hydroxylation is 1. The maximum atomic E-state index is 12.4. The van der Waals surface area contributed by atoms with Crippen molar-refractivity contribution in [1.82, 2.24) is 9.55 Å². The molecule has 134 valence electrons. The lowest BCUT2D eigenvalue weighted by Crippen LogP contribution is -2.33. The highest BCUT2D eigenvalue weighted by atomic mass is 16.5. The van der Waals surface area contributed by atoms with Crippen LogP contribution in [-0.2, 0) is 0 Å². The molecule has 0 spiro atoms. The van der Waals surface area contributed by atoms with Gasteiger partial charge in [0.05, 0.1) is 11.9 Å². The average molecular weight is 342 g/mol. The fourth-order valence-electron chi connectivity index (χ4n) is 3.33.